The molecule has 2 saturated carbocycles. The van der Waals surface area contributed by atoms with Crippen LogP contribution in [0.3, 0.4) is 0 Å². The predicted molar refractivity (Wildman–Crippen MR) is 82.6 cm³/mol. The molecule has 2 fully saturated rings. The van der Waals surface area contributed by atoms with Crippen LogP contribution in [0.5, 0.6) is 0 Å². The molecule has 0 saturated heterocycles. The summed E-state index contributed by atoms with van der Waals surface area (Å²) in [4.78, 5) is 10.4. The molecule has 0 radical (unpaired) electrons. The third kappa shape index (κ3) is 4.96. The fourth-order valence-electron chi connectivity index (χ4n) is 4.22. The van der Waals surface area contributed by atoms with Crippen LogP contribution in [0, 0.1) is 23.7 Å². The minimum absolute atomic E-state index is 0.819. The Kier molecular flexibility index (Phi) is 6.12. The summed E-state index contributed by atoms with van der Waals surface area (Å²) in [7, 11) is 0. The van der Waals surface area contributed by atoms with E-state index in [0.717, 1.165) is 30.1 Å². The number of rotatable bonds is 5. The molecule has 0 spiro atoms. The van der Waals surface area contributed by atoms with Crippen molar-refractivity contribution < 1.29 is 9.90 Å². The molecule has 0 heterocycles. The molecule has 0 aromatic carbocycles. The summed E-state index contributed by atoms with van der Waals surface area (Å²) in [5.74, 6) is 2.99. The fraction of sp³-hybridized carbons (Fsp3) is 0.833. The van der Waals surface area contributed by atoms with E-state index in [-0.39, 0.29) is 0 Å². The molecule has 20 heavy (non-hydrogen) atoms. The molecule has 0 atom stereocenters. The van der Waals surface area contributed by atoms with E-state index >= 15 is 0 Å². The van der Waals surface area contributed by atoms with E-state index in [2.05, 4.69) is 6.92 Å². The van der Waals surface area contributed by atoms with Crippen molar-refractivity contribution in [2.75, 3.05) is 0 Å². The number of hydrogen-bond acceptors (Lipinski definition) is 1. The van der Waals surface area contributed by atoms with Crippen LogP contribution in [0.15, 0.2) is 12.2 Å². The molecule has 1 N–H and O–H groups in total. The Bertz CT molecular complexity index is 318. The van der Waals surface area contributed by atoms with Gasteiger partial charge in [-0.25, -0.2) is 4.79 Å². The first-order chi connectivity index (χ1) is 9.65. The van der Waals surface area contributed by atoms with Crippen LogP contribution in [0.1, 0.15) is 71.1 Å². The average molecular weight is 278 g/mol. The topological polar surface area (TPSA) is 37.3 Å². The van der Waals surface area contributed by atoms with Gasteiger partial charge >= 0.3 is 5.97 Å². The Morgan fingerprint density at radius 3 is 2.10 bits per heavy atom. The Morgan fingerprint density at radius 2 is 1.55 bits per heavy atom. The van der Waals surface area contributed by atoms with Gasteiger partial charge in [0, 0.05) is 6.08 Å². The van der Waals surface area contributed by atoms with Gasteiger partial charge in [-0.1, -0.05) is 38.7 Å². The highest BCUT2D eigenvalue weighted by Crippen LogP contribution is 2.42. The lowest BCUT2D eigenvalue weighted by molar-refractivity contribution is -0.131. The third-order valence-corrected chi connectivity index (χ3v) is 5.62. The molecule has 0 aromatic rings. The summed E-state index contributed by atoms with van der Waals surface area (Å²) < 4.78 is 0. The van der Waals surface area contributed by atoms with Crippen LogP contribution in [-0.2, 0) is 4.79 Å². The van der Waals surface area contributed by atoms with Crippen LogP contribution in [0.2, 0.25) is 0 Å². The quantitative estimate of drug-likeness (QED) is 0.715. The Morgan fingerprint density at radius 1 is 1.00 bits per heavy atom. The highest BCUT2D eigenvalue weighted by molar-refractivity contribution is 5.79. The van der Waals surface area contributed by atoms with Gasteiger partial charge in [0.05, 0.1) is 0 Å². The zero-order valence-corrected chi connectivity index (χ0v) is 12.9. The first kappa shape index (κ1) is 15.6. The standard InChI is InChI=1S/C18H30O2/c1-14-6-10-16(11-7-14)17-12-8-15(9-13-17)4-2-3-5-18(19)20/h3,5,14-17H,2,4,6-13H2,1H3,(H,19,20)/b5-3+/t14-,15-,16-,17-. The van der Waals surface area contributed by atoms with Crippen LogP contribution in [-0.4, -0.2) is 11.1 Å². The highest BCUT2D eigenvalue weighted by Gasteiger charge is 2.29. The van der Waals surface area contributed by atoms with E-state index in [4.69, 9.17) is 5.11 Å². The molecule has 0 bridgehead atoms. The highest BCUT2D eigenvalue weighted by atomic mass is 16.4. The maximum atomic E-state index is 10.4. The zero-order chi connectivity index (χ0) is 14.4. The smallest absolute Gasteiger partial charge is 0.327 e. The van der Waals surface area contributed by atoms with Gasteiger partial charge in [0.2, 0.25) is 0 Å². The van der Waals surface area contributed by atoms with Crippen LogP contribution >= 0.6 is 0 Å². The second-order valence-corrected chi connectivity index (χ2v) is 7.12. The minimum Gasteiger partial charge on any atom is -0.478 e. The largest absolute Gasteiger partial charge is 0.478 e. The second kappa shape index (κ2) is 7.85. The minimum atomic E-state index is -0.819. The van der Waals surface area contributed by atoms with Gasteiger partial charge in [-0.2, -0.15) is 0 Å². The van der Waals surface area contributed by atoms with Gasteiger partial charge in [-0.3, -0.25) is 0 Å². The summed E-state index contributed by atoms with van der Waals surface area (Å²) in [6, 6.07) is 0. The lowest BCUT2D eigenvalue weighted by Crippen LogP contribution is -2.25. The van der Waals surface area contributed by atoms with Crippen LogP contribution in [0.4, 0.5) is 0 Å². The Hall–Kier alpha value is -0.790. The summed E-state index contributed by atoms with van der Waals surface area (Å²) in [5.41, 5.74) is 0. The van der Waals surface area contributed by atoms with Crippen molar-refractivity contribution in [2.24, 2.45) is 23.7 Å². The number of aliphatic carboxylic acids is 1. The Balaban J connectivity index is 1.63. The maximum Gasteiger partial charge on any atom is 0.327 e. The molecule has 2 nitrogen and oxygen atoms in total. The van der Waals surface area contributed by atoms with E-state index in [0.29, 0.717) is 0 Å². The average Bonchev–Trinajstić information content (AvgIpc) is 2.45. The van der Waals surface area contributed by atoms with Crippen LogP contribution < -0.4 is 0 Å². The van der Waals surface area contributed by atoms with E-state index in [1.54, 1.807) is 0 Å². The van der Waals surface area contributed by atoms with Crippen molar-refractivity contribution in [3.05, 3.63) is 12.2 Å². The lowest BCUT2D eigenvalue weighted by Gasteiger charge is -2.37. The molecule has 2 rings (SSSR count). The van der Waals surface area contributed by atoms with E-state index in [9.17, 15) is 4.79 Å². The number of carbonyl (C=O) groups is 1. The van der Waals surface area contributed by atoms with Crippen molar-refractivity contribution >= 4 is 5.97 Å². The molecule has 2 aliphatic carbocycles. The molecule has 2 aliphatic rings. The first-order valence-corrected chi connectivity index (χ1v) is 8.54. The van der Waals surface area contributed by atoms with Gasteiger partial charge in [0.25, 0.3) is 0 Å². The number of allylic oxidation sites excluding steroid dienone is 1. The fourth-order valence-corrected chi connectivity index (χ4v) is 4.22. The molecule has 0 amide bonds. The Labute approximate surface area is 123 Å². The monoisotopic (exact) mass is 278 g/mol. The number of hydrogen-bond donors (Lipinski definition) is 1. The van der Waals surface area contributed by atoms with Crippen LogP contribution in [0.25, 0.3) is 0 Å². The number of carboxylic acid groups (broad SMARTS) is 1. The van der Waals surface area contributed by atoms with Crippen molar-refractivity contribution in [2.45, 2.75) is 71.1 Å². The van der Waals surface area contributed by atoms with Crippen molar-refractivity contribution in [1.29, 1.82) is 0 Å². The van der Waals surface area contributed by atoms with Gasteiger partial charge in [0.1, 0.15) is 0 Å². The number of carboxylic acids is 1. The van der Waals surface area contributed by atoms with Gasteiger partial charge in [-0.05, 0) is 62.2 Å². The van der Waals surface area contributed by atoms with Gasteiger partial charge in [0.15, 0.2) is 0 Å². The molecule has 114 valence electrons. The van der Waals surface area contributed by atoms with Gasteiger partial charge < -0.3 is 5.11 Å². The molecule has 0 aliphatic heterocycles. The maximum absolute atomic E-state index is 10.4. The van der Waals surface area contributed by atoms with Crippen molar-refractivity contribution in [3.63, 3.8) is 0 Å². The summed E-state index contributed by atoms with van der Waals surface area (Å²) >= 11 is 0. The SMILES string of the molecule is C[C@H]1CC[C@H]([C@H]2CC[C@H](CC/C=C/C(=O)O)CC2)CC1. The first-order valence-electron chi connectivity index (χ1n) is 8.54. The third-order valence-electron chi connectivity index (χ3n) is 5.62. The summed E-state index contributed by atoms with van der Waals surface area (Å²) in [6.07, 6.45) is 16.6. The molecule has 2 heteroatoms. The van der Waals surface area contributed by atoms with E-state index < -0.39 is 5.97 Å². The van der Waals surface area contributed by atoms with Crippen molar-refractivity contribution in [1.82, 2.24) is 0 Å². The van der Waals surface area contributed by atoms with E-state index in [1.165, 1.54) is 63.9 Å². The lowest BCUT2D eigenvalue weighted by atomic mass is 9.69. The van der Waals surface area contributed by atoms with Crippen molar-refractivity contribution in [3.8, 4) is 0 Å². The molecular weight excluding hydrogens is 248 g/mol. The predicted octanol–water partition coefficient (Wildman–Crippen LogP) is 5.04. The molecule has 0 unspecified atom stereocenters. The van der Waals surface area contributed by atoms with Gasteiger partial charge in [-0.15, -0.1) is 0 Å². The molecule has 0 aromatic heterocycles. The zero-order valence-electron chi connectivity index (χ0n) is 12.9. The van der Waals surface area contributed by atoms with E-state index in [1.807, 2.05) is 6.08 Å². The second-order valence-electron chi connectivity index (χ2n) is 7.12. The summed E-state index contributed by atoms with van der Waals surface area (Å²) in [5, 5.41) is 8.56. The summed E-state index contributed by atoms with van der Waals surface area (Å²) in [6.45, 7) is 2.40. The normalized spacial score (nSPS) is 35.2. The molecular formula is C18H30O2.